The highest BCUT2D eigenvalue weighted by molar-refractivity contribution is 5.97. The number of hydrogen-bond donors (Lipinski definition) is 1. The summed E-state index contributed by atoms with van der Waals surface area (Å²) in [6, 6.07) is 1.73. The van der Waals surface area contributed by atoms with Crippen LogP contribution in [0.25, 0.3) is 0 Å². The summed E-state index contributed by atoms with van der Waals surface area (Å²) >= 11 is 0. The topological polar surface area (TPSA) is 55.1 Å². The highest BCUT2D eigenvalue weighted by atomic mass is 16.5. The first kappa shape index (κ1) is 11.5. The van der Waals surface area contributed by atoms with Gasteiger partial charge in [0.05, 0.1) is 5.69 Å². The third-order valence-electron chi connectivity index (χ3n) is 1.70. The van der Waals surface area contributed by atoms with Crippen LogP contribution >= 0.6 is 0 Å². The minimum absolute atomic E-state index is 0.149. The first-order valence-electron chi connectivity index (χ1n) is 4.80. The third kappa shape index (κ3) is 3.97. The average Bonchev–Trinajstić information content (AvgIpc) is 2.49. The molecule has 4 heteroatoms. The van der Waals surface area contributed by atoms with Gasteiger partial charge in [0.1, 0.15) is 0 Å². The van der Waals surface area contributed by atoms with E-state index in [-0.39, 0.29) is 11.3 Å². The Bertz CT molecular complexity index is 361. The molecule has 1 rings (SSSR count). The molecular formula is C11H16N2O2. The Balaban J connectivity index is 2.64. The summed E-state index contributed by atoms with van der Waals surface area (Å²) in [5.41, 5.74) is 0.984. The lowest BCUT2D eigenvalue weighted by Crippen LogP contribution is -2.09. The van der Waals surface area contributed by atoms with Gasteiger partial charge in [-0.2, -0.15) is 0 Å². The molecule has 0 saturated carbocycles. The van der Waals surface area contributed by atoms with Crippen LogP contribution in [0.1, 0.15) is 26.5 Å². The number of hydrogen-bond acceptors (Lipinski definition) is 3. The monoisotopic (exact) mass is 208 g/mol. The minimum atomic E-state index is -0.298. The van der Waals surface area contributed by atoms with Crippen LogP contribution in [0, 0.1) is 5.41 Å². The Morgan fingerprint density at radius 2 is 2.33 bits per heavy atom. The molecule has 0 unspecified atom stereocenters. The zero-order valence-electron chi connectivity index (χ0n) is 9.33. The lowest BCUT2D eigenvalue weighted by atomic mass is 9.91. The number of carbonyl (C=O) groups excluding carboxylic acids is 1. The molecule has 1 amide bonds. The summed E-state index contributed by atoms with van der Waals surface area (Å²) in [6.45, 7) is 9.69. The molecule has 0 bridgehead atoms. The van der Waals surface area contributed by atoms with Crippen LogP contribution in [-0.2, 0) is 11.2 Å². The van der Waals surface area contributed by atoms with E-state index in [0.717, 1.165) is 12.1 Å². The maximum Gasteiger partial charge on any atom is 0.250 e. The average molecular weight is 208 g/mol. The smallest absolute Gasteiger partial charge is 0.250 e. The number of nitrogens with one attached hydrogen (secondary N) is 1. The van der Waals surface area contributed by atoms with Crippen LogP contribution in [-0.4, -0.2) is 11.1 Å². The second-order valence-electron chi connectivity index (χ2n) is 4.61. The summed E-state index contributed by atoms with van der Waals surface area (Å²) in [5, 5.41) is 6.38. The fourth-order valence-electron chi connectivity index (χ4n) is 1.17. The number of carbonyl (C=O) groups is 1. The Morgan fingerprint density at radius 3 is 2.87 bits per heavy atom. The van der Waals surface area contributed by atoms with Gasteiger partial charge in [0.15, 0.2) is 0 Å². The first-order chi connectivity index (χ1) is 6.90. The van der Waals surface area contributed by atoms with Gasteiger partial charge in [0, 0.05) is 6.07 Å². The van der Waals surface area contributed by atoms with E-state index < -0.39 is 0 Å². The molecule has 0 radical (unpaired) electrons. The molecule has 0 aliphatic rings. The standard InChI is InChI=1S/C11H16N2O2/c1-5-9(14)12-10-6-8(13-15-10)7-11(2,3)4/h5-6H,1,7H2,2-4H3,(H,12,14). The highest BCUT2D eigenvalue weighted by Gasteiger charge is 2.15. The quantitative estimate of drug-likeness (QED) is 0.776. The number of anilines is 1. The van der Waals surface area contributed by atoms with Gasteiger partial charge in [-0.1, -0.05) is 32.5 Å². The van der Waals surface area contributed by atoms with Crippen molar-refractivity contribution >= 4 is 11.8 Å². The number of aromatic nitrogens is 1. The van der Waals surface area contributed by atoms with Gasteiger partial charge in [-0.25, -0.2) is 0 Å². The fourth-order valence-corrected chi connectivity index (χ4v) is 1.17. The van der Waals surface area contributed by atoms with Gasteiger partial charge in [-0.05, 0) is 17.9 Å². The molecule has 1 heterocycles. The molecule has 4 nitrogen and oxygen atoms in total. The van der Waals surface area contributed by atoms with Crippen LogP contribution in [0.3, 0.4) is 0 Å². The van der Waals surface area contributed by atoms with Gasteiger partial charge in [-0.15, -0.1) is 0 Å². The molecule has 0 atom stereocenters. The number of rotatable bonds is 3. The minimum Gasteiger partial charge on any atom is -0.338 e. The van der Waals surface area contributed by atoms with E-state index in [4.69, 9.17) is 4.52 Å². The summed E-state index contributed by atoms with van der Waals surface area (Å²) in [6.07, 6.45) is 1.99. The molecule has 0 fully saturated rings. The fraction of sp³-hybridized carbons (Fsp3) is 0.455. The second kappa shape index (κ2) is 4.29. The molecule has 1 N–H and O–H groups in total. The van der Waals surface area contributed by atoms with Crippen molar-refractivity contribution in [1.29, 1.82) is 0 Å². The van der Waals surface area contributed by atoms with Crippen molar-refractivity contribution in [1.82, 2.24) is 5.16 Å². The van der Waals surface area contributed by atoms with Gasteiger partial charge in [0.2, 0.25) is 11.8 Å². The summed E-state index contributed by atoms with van der Waals surface area (Å²) in [5.74, 6) is 0.0626. The van der Waals surface area contributed by atoms with Crippen molar-refractivity contribution in [3.05, 3.63) is 24.4 Å². The van der Waals surface area contributed by atoms with Crippen molar-refractivity contribution in [3.63, 3.8) is 0 Å². The predicted octanol–water partition coefficient (Wildman–Crippen LogP) is 2.39. The van der Waals surface area contributed by atoms with E-state index in [0.29, 0.717) is 5.88 Å². The molecule has 0 aliphatic heterocycles. The summed E-state index contributed by atoms with van der Waals surface area (Å²) < 4.78 is 4.95. The van der Waals surface area contributed by atoms with E-state index in [2.05, 4.69) is 37.8 Å². The van der Waals surface area contributed by atoms with Crippen LogP contribution < -0.4 is 5.32 Å². The normalized spacial score (nSPS) is 11.1. The molecule has 1 aromatic heterocycles. The molecular weight excluding hydrogens is 192 g/mol. The SMILES string of the molecule is C=CC(=O)Nc1cc(CC(C)(C)C)no1. The van der Waals surface area contributed by atoms with Crippen LogP contribution in [0.2, 0.25) is 0 Å². The molecule has 0 aliphatic carbocycles. The van der Waals surface area contributed by atoms with E-state index in [1.54, 1.807) is 6.07 Å². The van der Waals surface area contributed by atoms with Crippen molar-refractivity contribution in [3.8, 4) is 0 Å². The Labute approximate surface area is 89.3 Å². The van der Waals surface area contributed by atoms with Crippen LogP contribution in [0.15, 0.2) is 23.2 Å². The van der Waals surface area contributed by atoms with E-state index in [1.165, 1.54) is 6.08 Å². The van der Waals surface area contributed by atoms with Crippen molar-refractivity contribution in [2.75, 3.05) is 5.32 Å². The van der Waals surface area contributed by atoms with Crippen LogP contribution in [0.5, 0.6) is 0 Å². The maximum absolute atomic E-state index is 11.0. The van der Waals surface area contributed by atoms with Gasteiger partial charge < -0.3 is 4.52 Å². The second-order valence-corrected chi connectivity index (χ2v) is 4.61. The van der Waals surface area contributed by atoms with E-state index in [1.807, 2.05) is 0 Å². The molecule has 82 valence electrons. The molecule has 1 aromatic rings. The highest BCUT2D eigenvalue weighted by Crippen LogP contribution is 2.21. The van der Waals surface area contributed by atoms with Crippen molar-refractivity contribution in [2.45, 2.75) is 27.2 Å². The molecule has 0 spiro atoms. The largest absolute Gasteiger partial charge is 0.338 e. The zero-order chi connectivity index (χ0) is 11.5. The first-order valence-corrected chi connectivity index (χ1v) is 4.80. The Morgan fingerprint density at radius 1 is 1.67 bits per heavy atom. The van der Waals surface area contributed by atoms with Gasteiger partial charge in [-0.3, -0.25) is 10.1 Å². The molecule has 0 saturated heterocycles. The van der Waals surface area contributed by atoms with Crippen molar-refractivity contribution < 1.29 is 9.32 Å². The van der Waals surface area contributed by atoms with E-state index >= 15 is 0 Å². The lowest BCUT2D eigenvalue weighted by molar-refractivity contribution is -0.112. The third-order valence-corrected chi connectivity index (χ3v) is 1.70. The van der Waals surface area contributed by atoms with E-state index in [9.17, 15) is 4.79 Å². The van der Waals surface area contributed by atoms with Gasteiger partial charge in [0.25, 0.3) is 0 Å². The summed E-state index contributed by atoms with van der Waals surface area (Å²) in [7, 11) is 0. The van der Waals surface area contributed by atoms with Gasteiger partial charge >= 0.3 is 0 Å². The zero-order valence-corrected chi connectivity index (χ0v) is 9.33. The lowest BCUT2D eigenvalue weighted by Gasteiger charge is -2.14. The molecule has 0 aromatic carbocycles. The van der Waals surface area contributed by atoms with Crippen molar-refractivity contribution in [2.24, 2.45) is 5.41 Å². The Kier molecular flexibility index (Phi) is 3.29. The molecule has 15 heavy (non-hydrogen) atoms. The number of amides is 1. The maximum atomic E-state index is 11.0. The summed E-state index contributed by atoms with van der Waals surface area (Å²) in [4.78, 5) is 11.0. The predicted molar refractivity (Wildman–Crippen MR) is 58.5 cm³/mol. The Hall–Kier alpha value is -1.58. The van der Waals surface area contributed by atoms with Crippen LogP contribution in [0.4, 0.5) is 5.88 Å². The number of nitrogens with zero attached hydrogens (tertiary/aromatic N) is 1.